The Morgan fingerprint density at radius 2 is 1.73 bits per heavy atom. The van der Waals surface area contributed by atoms with Crippen molar-refractivity contribution < 1.29 is 9.53 Å². The largest absolute Gasteiger partial charge is 0.487 e. The van der Waals surface area contributed by atoms with Crippen molar-refractivity contribution in [1.29, 1.82) is 0 Å². The maximum atomic E-state index is 12.9. The maximum absolute atomic E-state index is 12.9. The molecule has 0 amide bonds. The topological polar surface area (TPSA) is 26.3 Å². The molecule has 0 aromatic heterocycles. The minimum Gasteiger partial charge on any atom is -0.487 e. The van der Waals surface area contributed by atoms with E-state index >= 15 is 0 Å². The third kappa shape index (κ3) is 2.45. The lowest BCUT2D eigenvalue weighted by atomic mass is 9.89. The highest BCUT2D eigenvalue weighted by Gasteiger charge is 2.28. The van der Waals surface area contributed by atoms with Gasteiger partial charge in [0.15, 0.2) is 5.78 Å². The molecule has 0 aliphatic carbocycles. The number of aryl methyl sites for hydroxylation is 1. The molecule has 0 fully saturated rings. The summed E-state index contributed by atoms with van der Waals surface area (Å²) < 4.78 is 5.93. The summed E-state index contributed by atoms with van der Waals surface area (Å²) in [6.45, 7) is 6.43. The SMILES string of the molecule is Cc1ccccc1/C(C(=O)C(C)C)=C1\OCc2ccccc21. The van der Waals surface area contributed by atoms with Gasteiger partial charge in [-0.15, -0.1) is 0 Å². The van der Waals surface area contributed by atoms with E-state index in [4.69, 9.17) is 4.74 Å². The second-order valence-electron chi connectivity index (χ2n) is 5.98. The number of allylic oxidation sites excluding steroid dienone is 1. The van der Waals surface area contributed by atoms with Gasteiger partial charge in [-0.05, 0) is 18.1 Å². The van der Waals surface area contributed by atoms with Gasteiger partial charge in [-0.25, -0.2) is 0 Å². The molecule has 0 saturated carbocycles. The first-order valence-electron chi connectivity index (χ1n) is 7.65. The molecule has 1 heterocycles. The molecule has 2 heteroatoms. The van der Waals surface area contributed by atoms with Crippen LogP contribution < -0.4 is 0 Å². The lowest BCUT2D eigenvalue weighted by molar-refractivity contribution is -0.116. The Bertz CT molecular complexity index is 754. The summed E-state index contributed by atoms with van der Waals surface area (Å²) in [7, 11) is 0. The molecule has 0 bridgehead atoms. The van der Waals surface area contributed by atoms with Crippen molar-refractivity contribution in [1.82, 2.24) is 0 Å². The van der Waals surface area contributed by atoms with Crippen LogP contribution in [-0.2, 0) is 16.1 Å². The summed E-state index contributed by atoms with van der Waals surface area (Å²) >= 11 is 0. The smallest absolute Gasteiger partial charge is 0.169 e. The molecular formula is C20H20O2. The number of carbonyl (C=O) groups is 1. The van der Waals surface area contributed by atoms with Gasteiger partial charge < -0.3 is 4.74 Å². The average molecular weight is 292 g/mol. The first kappa shape index (κ1) is 14.6. The van der Waals surface area contributed by atoms with Crippen LogP contribution in [0.4, 0.5) is 0 Å². The van der Waals surface area contributed by atoms with Crippen LogP contribution in [0.1, 0.15) is 36.1 Å². The Morgan fingerprint density at radius 3 is 2.45 bits per heavy atom. The molecule has 2 aromatic carbocycles. The van der Waals surface area contributed by atoms with Crippen molar-refractivity contribution >= 4 is 17.1 Å². The molecule has 0 radical (unpaired) electrons. The van der Waals surface area contributed by atoms with Crippen LogP contribution in [0.3, 0.4) is 0 Å². The third-order valence-electron chi connectivity index (χ3n) is 4.05. The lowest BCUT2D eigenvalue weighted by Gasteiger charge is -2.15. The van der Waals surface area contributed by atoms with E-state index in [-0.39, 0.29) is 11.7 Å². The van der Waals surface area contributed by atoms with Crippen molar-refractivity contribution in [3.8, 4) is 0 Å². The Labute approximate surface area is 131 Å². The molecule has 1 aliphatic heterocycles. The van der Waals surface area contributed by atoms with Gasteiger partial charge in [0.2, 0.25) is 0 Å². The van der Waals surface area contributed by atoms with E-state index in [9.17, 15) is 4.79 Å². The van der Waals surface area contributed by atoms with E-state index in [1.54, 1.807) is 0 Å². The van der Waals surface area contributed by atoms with Crippen LogP contribution in [0.5, 0.6) is 0 Å². The predicted molar refractivity (Wildman–Crippen MR) is 89.1 cm³/mol. The Morgan fingerprint density at radius 1 is 1.05 bits per heavy atom. The minimum absolute atomic E-state index is 0.0709. The van der Waals surface area contributed by atoms with E-state index in [1.807, 2.05) is 63.2 Å². The van der Waals surface area contributed by atoms with Crippen LogP contribution in [0.15, 0.2) is 48.5 Å². The quantitative estimate of drug-likeness (QED) is 0.772. The van der Waals surface area contributed by atoms with Gasteiger partial charge in [0.1, 0.15) is 12.4 Å². The number of ether oxygens (including phenoxy) is 1. The molecule has 0 atom stereocenters. The number of hydrogen-bond acceptors (Lipinski definition) is 2. The molecule has 112 valence electrons. The van der Waals surface area contributed by atoms with Crippen molar-refractivity contribution in [2.45, 2.75) is 27.4 Å². The first-order chi connectivity index (χ1) is 10.6. The van der Waals surface area contributed by atoms with Crippen molar-refractivity contribution in [2.75, 3.05) is 0 Å². The normalized spacial score (nSPS) is 15.5. The molecule has 2 nitrogen and oxygen atoms in total. The molecule has 22 heavy (non-hydrogen) atoms. The standard InChI is InChI=1S/C20H20O2/c1-13(2)19(21)18(16-10-6-4-8-14(16)3)20-17-11-7-5-9-15(17)12-22-20/h4-11,13H,12H2,1-3H3/b20-18+. The van der Waals surface area contributed by atoms with E-state index in [1.165, 1.54) is 0 Å². The molecule has 0 N–H and O–H groups in total. The lowest BCUT2D eigenvalue weighted by Crippen LogP contribution is -2.12. The van der Waals surface area contributed by atoms with E-state index in [0.29, 0.717) is 12.2 Å². The summed E-state index contributed by atoms with van der Waals surface area (Å²) in [6.07, 6.45) is 0. The van der Waals surface area contributed by atoms with Gasteiger partial charge in [-0.1, -0.05) is 62.4 Å². The molecule has 0 spiro atoms. The summed E-state index contributed by atoms with van der Waals surface area (Å²) in [5.41, 5.74) is 4.94. The highest BCUT2D eigenvalue weighted by atomic mass is 16.5. The minimum atomic E-state index is -0.0709. The zero-order valence-electron chi connectivity index (χ0n) is 13.2. The molecular weight excluding hydrogens is 272 g/mol. The monoisotopic (exact) mass is 292 g/mol. The maximum Gasteiger partial charge on any atom is 0.169 e. The Hall–Kier alpha value is -2.35. The van der Waals surface area contributed by atoms with Crippen LogP contribution in [0.25, 0.3) is 11.3 Å². The van der Waals surface area contributed by atoms with Gasteiger partial charge in [-0.2, -0.15) is 0 Å². The molecule has 1 aliphatic rings. The summed E-state index contributed by atoms with van der Waals surface area (Å²) in [4.78, 5) is 12.9. The van der Waals surface area contributed by atoms with Crippen molar-refractivity contribution in [3.05, 3.63) is 70.8 Å². The second-order valence-corrected chi connectivity index (χ2v) is 5.98. The summed E-state index contributed by atoms with van der Waals surface area (Å²) in [6, 6.07) is 16.1. The van der Waals surface area contributed by atoms with E-state index in [0.717, 1.165) is 28.0 Å². The van der Waals surface area contributed by atoms with Crippen molar-refractivity contribution in [2.24, 2.45) is 5.92 Å². The fourth-order valence-corrected chi connectivity index (χ4v) is 2.81. The number of hydrogen-bond donors (Lipinski definition) is 0. The number of rotatable bonds is 3. The molecule has 2 aromatic rings. The summed E-state index contributed by atoms with van der Waals surface area (Å²) in [5, 5.41) is 0. The highest BCUT2D eigenvalue weighted by molar-refractivity contribution is 6.28. The first-order valence-corrected chi connectivity index (χ1v) is 7.65. The predicted octanol–water partition coefficient (Wildman–Crippen LogP) is 4.62. The van der Waals surface area contributed by atoms with E-state index in [2.05, 4.69) is 6.07 Å². The van der Waals surface area contributed by atoms with Gasteiger partial charge in [-0.3, -0.25) is 4.79 Å². The number of Topliss-reactive ketones (excluding diaryl/α,β-unsaturated/α-hetero) is 1. The van der Waals surface area contributed by atoms with Gasteiger partial charge in [0.05, 0.1) is 5.57 Å². The Kier molecular flexibility index (Phi) is 3.84. The van der Waals surface area contributed by atoms with Crippen LogP contribution >= 0.6 is 0 Å². The third-order valence-corrected chi connectivity index (χ3v) is 4.05. The fourth-order valence-electron chi connectivity index (χ4n) is 2.81. The van der Waals surface area contributed by atoms with Crippen LogP contribution in [0.2, 0.25) is 0 Å². The van der Waals surface area contributed by atoms with Crippen molar-refractivity contribution in [3.63, 3.8) is 0 Å². The molecule has 3 rings (SSSR count). The number of fused-ring (bicyclic) bond motifs is 1. The van der Waals surface area contributed by atoms with Gasteiger partial charge >= 0.3 is 0 Å². The second kappa shape index (κ2) is 5.80. The van der Waals surface area contributed by atoms with Gasteiger partial charge in [0.25, 0.3) is 0 Å². The number of carbonyl (C=O) groups excluding carboxylic acids is 1. The molecule has 0 saturated heterocycles. The zero-order valence-corrected chi connectivity index (χ0v) is 13.2. The molecule has 0 unspecified atom stereocenters. The zero-order chi connectivity index (χ0) is 15.7. The number of ketones is 1. The van der Waals surface area contributed by atoms with Crippen LogP contribution in [0, 0.1) is 12.8 Å². The highest BCUT2D eigenvalue weighted by Crippen LogP contribution is 2.37. The van der Waals surface area contributed by atoms with E-state index < -0.39 is 0 Å². The average Bonchev–Trinajstić information content (AvgIpc) is 2.93. The van der Waals surface area contributed by atoms with Gasteiger partial charge in [0, 0.05) is 17.0 Å². The van der Waals surface area contributed by atoms with Crippen LogP contribution in [-0.4, -0.2) is 5.78 Å². The number of benzene rings is 2. The Balaban J connectivity index is 2.26. The fraction of sp³-hybridized carbons (Fsp3) is 0.250. The summed E-state index contributed by atoms with van der Waals surface area (Å²) in [5.74, 6) is 0.781.